The van der Waals surface area contributed by atoms with Crippen LogP contribution in [-0.2, 0) is 23.8 Å². The second-order valence-corrected chi connectivity index (χ2v) is 7.24. The number of carbonyl (C=O) groups excluding carboxylic acids is 1. The molecular weight excluding hydrogens is 342 g/mol. The summed E-state index contributed by atoms with van der Waals surface area (Å²) in [5.74, 6) is 0.843. The van der Waals surface area contributed by atoms with Crippen LogP contribution >= 0.6 is 0 Å². The molecule has 6 nitrogen and oxygen atoms in total. The molecule has 1 aromatic heterocycles. The SMILES string of the molecule is COc1ccc2c(c1)CCOC21CCN(C(=O)c2cc(C#N)cn2C)CC1. The lowest BCUT2D eigenvalue weighted by molar-refractivity contribution is -0.0936. The van der Waals surface area contributed by atoms with Gasteiger partial charge in [-0.15, -0.1) is 0 Å². The molecule has 0 N–H and O–H groups in total. The van der Waals surface area contributed by atoms with Crippen LogP contribution < -0.4 is 4.74 Å². The predicted octanol–water partition coefficient (Wildman–Crippen LogP) is 2.61. The lowest BCUT2D eigenvalue weighted by Gasteiger charge is -2.45. The highest BCUT2D eigenvalue weighted by atomic mass is 16.5. The number of aryl methyl sites for hydroxylation is 1. The van der Waals surface area contributed by atoms with Crippen LogP contribution in [0, 0.1) is 11.3 Å². The van der Waals surface area contributed by atoms with E-state index >= 15 is 0 Å². The van der Waals surface area contributed by atoms with Gasteiger partial charge in [0.05, 0.1) is 24.9 Å². The van der Waals surface area contributed by atoms with Gasteiger partial charge < -0.3 is 18.9 Å². The molecule has 1 saturated heterocycles. The molecule has 2 aromatic rings. The first-order chi connectivity index (χ1) is 13.1. The summed E-state index contributed by atoms with van der Waals surface area (Å²) in [6.45, 7) is 1.96. The van der Waals surface area contributed by atoms with Crippen molar-refractivity contribution in [2.24, 2.45) is 7.05 Å². The second-order valence-electron chi connectivity index (χ2n) is 7.24. The Kier molecular flexibility index (Phi) is 4.40. The first-order valence-corrected chi connectivity index (χ1v) is 9.23. The van der Waals surface area contributed by atoms with Crippen molar-refractivity contribution in [3.05, 3.63) is 52.8 Å². The van der Waals surface area contributed by atoms with Crippen LogP contribution in [0.1, 0.15) is 40.0 Å². The Morgan fingerprint density at radius 2 is 2.07 bits per heavy atom. The number of nitrogens with zero attached hydrogens (tertiary/aromatic N) is 3. The van der Waals surface area contributed by atoms with Gasteiger partial charge in [0.25, 0.3) is 5.91 Å². The van der Waals surface area contributed by atoms with Gasteiger partial charge in [-0.25, -0.2) is 0 Å². The molecule has 2 aliphatic heterocycles. The number of rotatable bonds is 2. The highest BCUT2D eigenvalue weighted by molar-refractivity contribution is 5.93. The number of fused-ring (bicyclic) bond motifs is 2. The Morgan fingerprint density at radius 3 is 2.74 bits per heavy atom. The van der Waals surface area contributed by atoms with E-state index in [4.69, 9.17) is 14.7 Å². The van der Waals surface area contributed by atoms with Gasteiger partial charge in [0.2, 0.25) is 0 Å². The first kappa shape index (κ1) is 17.6. The molecule has 1 amide bonds. The van der Waals surface area contributed by atoms with Crippen LogP contribution in [0.3, 0.4) is 0 Å². The maximum absolute atomic E-state index is 12.9. The zero-order chi connectivity index (χ0) is 19.0. The summed E-state index contributed by atoms with van der Waals surface area (Å²) in [6.07, 6.45) is 4.12. The molecule has 1 aromatic carbocycles. The Morgan fingerprint density at radius 1 is 1.30 bits per heavy atom. The lowest BCUT2D eigenvalue weighted by atomic mass is 9.79. The third kappa shape index (κ3) is 2.98. The number of aromatic nitrogens is 1. The number of ether oxygens (including phenoxy) is 2. The van der Waals surface area contributed by atoms with E-state index in [-0.39, 0.29) is 11.5 Å². The fraction of sp³-hybridized carbons (Fsp3) is 0.429. The maximum atomic E-state index is 12.9. The second kappa shape index (κ2) is 6.75. The van der Waals surface area contributed by atoms with Crippen molar-refractivity contribution in [1.29, 1.82) is 5.26 Å². The number of nitriles is 1. The van der Waals surface area contributed by atoms with Crippen molar-refractivity contribution in [3.63, 3.8) is 0 Å². The van der Waals surface area contributed by atoms with Crippen LogP contribution in [0.2, 0.25) is 0 Å². The van der Waals surface area contributed by atoms with Crippen molar-refractivity contribution in [3.8, 4) is 11.8 Å². The van der Waals surface area contributed by atoms with E-state index in [0.717, 1.165) is 25.0 Å². The van der Waals surface area contributed by atoms with E-state index in [2.05, 4.69) is 18.2 Å². The summed E-state index contributed by atoms with van der Waals surface area (Å²) in [5.41, 5.74) is 3.25. The highest BCUT2D eigenvalue weighted by Crippen LogP contribution is 2.42. The van der Waals surface area contributed by atoms with Crippen LogP contribution in [0.5, 0.6) is 5.75 Å². The normalized spacial score (nSPS) is 18.0. The summed E-state index contributed by atoms with van der Waals surface area (Å²) in [4.78, 5) is 14.8. The van der Waals surface area contributed by atoms with Gasteiger partial charge in [0, 0.05) is 26.3 Å². The molecule has 6 heteroatoms. The molecule has 3 heterocycles. The molecule has 2 aliphatic rings. The Labute approximate surface area is 158 Å². The number of likely N-dealkylation sites (tertiary alicyclic amines) is 1. The summed E-state index contributed by atoms with van der Waals surface area (Å²) in [6, 6.07) is 9.95. The standard InChI is InChI=1S/C21H23N3O3/c1-23-14-15(13-22)11-19(23)20(25)24-8-6-21(7-9-24)18-4-3-17(26-2)12-16(18)5-10-27-21/h3-4,11-12,14H,5-10H2,1-2H3. The third-order valence-corrected chi connectivity index (χ3v) is 5.76. The summed E-state index contributed by atoms with van der Waals surface area (Å²) in [5, 5.41) is 9.05. The maximum Gasteiger partial charge on any atom is 0.270 e. The molecule has 0 saturated carbocycles. The van der Waals surface area contributed by atoms with Crippen LogP contribution in [0.4, 0.5) is 0 Å². The molecule has 0 bridgehead atoms. The number of benzene rings is 1. The molecule has 0 radical (unpaired) electrons. The minimum atomic E-state index is -0.317. The minimum absolute atomic E-state index is 0.0281. The molecule has 1 spiro atoms. The van der Waals surface area contributed by atoms with E-state index in [1.165, 1.54) is 11.1 Å². The number of amides is 1. The highest BCUT2D eigenvalue weighted by Gasteiger charge is 2.42. The van der Waals surface area contributed by atoms with Crippen molar-refractivity contribution >= 4 is 5.91 Å². The van der Waals surface area contributed by atoms with Gasteiger partial charge in [-0.05, 0) is 48.6 Å². The molecule has 4 rings (SSSR count). The molecule has 1 fully saturated rings. The van der Waals surface area contributed by atoms with E-state index in [1.54, 1.807) is 31.0 Å². The van der Waals surface area contributed by atoms with Gasteiger partial charge in [0.15, 0.2) is 0 Å². The summed E-state index contributed by atoms with van der Waals surface area (Å²) < 4.78 is 13.3. The quantitative estimate of drug-likeness (QED) is 0.820. The van der Waals surface area contributed by atoms with Crippen LogP contribution in [0.15, 0.2) is 30.5 Å². The molecule has 140 valence electrons. The molecule has 0 aliphatic carbocycles. The fourth-order valence-corrected chi connectivity index (χ4v) is 4.27. The zero-order valence-electron chi connectivity index (χ0n) is 15.7. The van der Waals surface area contributed by atoms with Crippen LogP contribution in [-0.4, -0.2) is 42.2 Å². The van der Waals surface area contributed by atoms with Gasteiger partial charge in [-0.1, -0.05) is 6.07 Å². The average molecular weight is 365 g/mol. The Hall–Kier alpha value is -2.78. The van der Waals surface area contributed by atoms with Crippen molar-refractivity contribution in [2.45, 2.75) is 24.9 Å². The van der Waals surface area contributed by atoms with Crippen molar-refractivity contribution in [1.82, 2.24) is 9.47 Å². The zero-order valence-corrected chi connectivity index (χ0v) is 15.7. The van der Waals surface area contributed by atoms with Gasteiger partial charge in [-0.3, -0.25) is 4.79 Å². The van der Waals surface area contributed by atoms with E-state index in [0.29, 0.717) is 31.0 Å². The molecule has 0 unspecified atom stereocenters. The average Bonchev–Trinajstić information content (AvgIpc) is 3.09. The summed E-state index contributed by atoms with van der Waals surface area (Å²) in [7, 11) is 3.48. The Balaban J connectivity index is 1.53. The third-order valence-electron chi connectivity index (χ3n) is 5.76. The number of hydrogen-bond acceptors (Lipinski definition) is 4. The largest absolute Gasteiger partial charge is 0.497 e. The molecule has 27 heavy (non-hydrogen) atoms. The van der Waals surface area contributed by atoms with E-state index < -0.39 is 0 Å². The van der Waals surface area contributed by atoms with Crippen molar-refractivity contribution < 1.29 is 14.3 Å². The smallest absolute Gasteiger partial charge is 0.270 e. The van der Waals surface area contributed by atoms with Crippen LogP contribution in [0.25, 0.3) is 0 Å². The Bertz CT molecular complexity index is 917. The van der Waals surface area contributed by atoms with E-state index in [1.807, 2.05) is 11.0 Å². The predicted molar refractivity (Wildman–Crippen MR) is 99.6 cm³/mol. The summed E-state index contributed by atoms with van der Waals surface area (Å²) >= 11 is 0. The number of piperidine rings is 1. The van der Waals surface area contributed by atoms with Gasteiger partial charge in [0.1, 0.15) is 17.5 Å². The van der Waals surface area contributed by atoms with Gasteiger partial charge in [-0.2, -0.15) is 5.26 Å². The first-order valence-electron chi connectivity index (χ1n) is 9.23. The lowest BCUT2D eigenvalue weighted by Crippen LogP contribution is -2.48. The van der Waals surface area contributed by atoms with Gasteiger partial charge >= 0.3 is 0 Å². The molecule has 0 atom stereocenters. The van der Waals surface area contributed by atoms with Crippen molar-refractivity contribution in [2.75, 3.05) is 26.8 Å². The monoisotopic (exact) mass is 365 g/mol. The topological polar surface area (TPSA) is 67.5 Å². The number of hydrogen-bond donors (Lipinski definition) is 0. The minimum Gasteiger partial charge on any atom is -0.497 e. The number of carbonyl (C=O) groups is 1. The number of methoxy groups -OCH3 is 1. The fourth-order valence-electron chi connectivity index (χ4n) is 4.27. The molecular formula is C21H23N3O3. The van der Waals surface area contributed by atoms with E-state index in [9.17, 15) is 4.79 Å².